The van der Waals surface area contributed by atoms with Gasteiger partial charge in [0.25, 0.3) is 5.56 Å². The molecule has 6 atom stereocenters. The number of benzene rings is 1. The van der Waals surface area contributed by atoms with E-state index >= 15 is 0 Å². The second-order valence-electron chi connectivity index (χ2n) is 12.4. The minimum atomic E-state index is -0.175. The van der Waals surface area contributed by atoms with Crippen LogP contribution in [0, 0.1) is 17.8 Å². The topological polar surface area (TPSA) is 71.0 Å². The van der Waals surface area contributed by atoms with Crippen molar-refractivity contribution in [3.63, 3.8) is 0 Å². The highest BCUT2D eigenvalue weighted by Gasteiger charge is 2.47. The first-order valence-corrected chi connectivity index (χ1v) is 14.5. The van der Waals surface area contributed by atoms with E-state index in [-0.39, 0.29) is 17.2 Å². The molecule has 6 heteroatoms. The van der Waals surface area contributed by atoms with Crippen molar-refractivity contribution in [2.24, 2.45) is 17.8 Å². The zero-order chi connectivity index (χ0) is 25.1. The van der Waals surface area contributed by atoms with E-state index in [1.807, 2.05) is 24.3 Å². The molecular weight excluding hydrogens is 460 g/mol. The summed E-state index contributed by atoms with van der Waals surface area (Å²) in [7, 11) is 0. The highest BCUT2D eigenvalue weighted by atomic mass is 16.1. The van der Waals surface area contributed by atoms with Crippen LogP contribution in [0.1, 0.15) is 77.2 Å². The third kappa shape index (κ3) is 4.08. The third-order valence-electron chi connectivity index (χ3n) is 10.2. The molecule has 2 aliphatic heterocycles. The zero-order valence-electron chi connectivity index (χ0n) is 21.8. The van der Waals surface area contributed by atoms with E-state index in [0.29, 0.717) is 29.3 Å². The SMILES string of the molecule is CC1CCC2CC(n3c(=O)c(-c4ccc(=O)[nH]c4)nc4ccccc43)CC1N2C1CC2CCCC(C2)C1. The van der Waals surface area contributed by atoms with Gasteiger partial charge in [-0.1, -0.05) is 38.3 Å². The molecule has 4 aliphatic rings. The molecule has 6 nitrogen and oxygen atoms in total. The van der Waals surface area contributed by atoms with Gasteiger partial charge < -0.3 is 9.55 Å². The van der Waals surface area contributed by atoms with Crippen molar-refractivity contribution in [3.8, 4) is 11.3 Å². The molecule has 6 unspecified atom stereocenters. The fourth-order valence-electron chi connectivity index (χ4n) is 8.63. The molecule has 2 saturated heterocycles. The minimum absolute atomic E-state index is 0.0397. The molecule has 37 heavy (non-hydrogen) atoms. The Morgan fingerprint density at radius 3 is 2.43 bits per heavy atom. The van der Waals surface area contributed by atoms with E-state index in [0.717, 1.165) is 41.8 Å². The van der Waals surface area contributed by atoms with Crippen LogP contribution in [-0.4, -0.2) is 37.6 Å². The van der Waals surface area contributed by atoms with E-state index < -0.39 is 0 Å². The quantitative estimate of drug-likeness (QED) is 0.516. The van der Waals surface area contributed by atoms with Crippen molar-refractivity contribution < 1.29 is 0 Å². The Kier molecular flexibility index (Phi) is 5.83. The Hall–Kier alpha value is -2.73. The first-order chi connectivity index (χ1) is 18.0. The summed E-state index contributed by atoms with van der Waals surface area (Å²) in [6.45, 7) is 2.44. The summed E-state index contributed by atoms with van der Waals surface area (Å²) < 4.78 is 2.06. The van der Waals surface area contributed by atoms with Crippen molar-refractivity contribution in [3.05, 3.63) is 63.3 Å². The molecule has 1 aromatic carbocycles. The van der Waals surface area contributed by atoms with E-state index in [9.17, 15) is 9.59 Å². The van der Waals surface area contributed by atoms with Gasteiger partial charge in [-0.3, -0.25) is 14.5 Å². The number of para-hydroxylation sites is 2. The average Bonchev–Trinajstić information content (AvgIpc) is 2.90. The van der Waals surface area contributed by atoms with Gasteiger partial charge in [-0.2, -0.15) is 0 Å². The maximum atomic E-state index is 14.1. The number of aromatic amines is 1. The molecule has 4 heterocycles. The van der Waals surface area contributed by atoms with Gasteiger partial charge in [-0.15, -0.1) is 0 Å². The van der Waals surface area contributed by atoms with Gasteiger partial charge in [0.1, 0.15) is 5.69 Å². The van der Waals surface area contributed by atoms with Gasteiger partial charge in [0.15, 0.2) is 0 Å². The van der Waals surface area contributed by atoms with Crippen molar-refractivity contribution in [1.29, 1.82) is 0 Å². The van der Waals surface area contributed by atoms with E-state index in [1.54, 1.807) is 12.3 Å². The Morgan fingerprint density at radius 1 is 0.838 bits per heavy atom. The lowest BCUT2D eigenvalue weighted by Crippen LogP contribution is -2.61. The molecule has 0 radical (unpaired) electrons. The van der Waals surface area contributed by atoms with Crippen LogP contribution < -0.4 is 11.1 Å². The summed E-state index contributed by atoms with van der Waals surface area (Å²) in [5, 5.41) is 0. The molecule has 2 aromatic heterocycles. The number of nitrogens with zero attached hydrogens (tertiary/aromatic N) is 3. The van der Waals surface area contributed by atoms with Gasteiger partial charge in [0.2, 0.25) is 5.56 Å². The van der Waals surface area contributed by atoms with Gasteiger partial charge in [0, 0.05) is 42.0 Å². The zero-order valence-corrected chi connectivity index (χ0v) is 21.8. The fraction of sp³-hybridized carbons (Fsp3) is 0.581. The van der Waals surface area contributed by atoms with Crippen LogP contribution in [-0.2, 0) is 0 Å². The largest absolute Gasteiger partial charge is 0.328 e. The predicted octanol–water partition coefficient (Wildman–Crippen LogP) is 5.52. The van der Waals surface area contributed by atoms with Gasteiger partial charge >= 0.3 is 0 Å². The number of nitrogens with one attached hydrogen (secondary N) is 1. The number of fused-ring (bicyclic) bond motifs is 5. The summed E-state index contributed by atoms with van der Waals surface area (Å²) in [4.78, 5) is 36.2. The monoisotopic (exact) mass is 498 g/mol. The number of piperidine rings is 2. The van der Waals surface area contributed by atoms with E-state index in [2.05, 4.69) is 21.4 Å². The lowest BCUT2D eigenvalue weighted by Gasteiger charge is -2.57. The smallest absolute Gasteiger partial charge is 0.277 e. The molecule has 2 aliphatic carbocycles. The van der Waals surface area contributed by atoms with Crippen LogP contribution in [0.5, 0.6) is 0 Å². The molecule has 3 aromatic rings. The van der Waals surface area contributed by atoms with Crippen molar-refractivity contribution >= 4 is 11.0 Å². The number of pyridine rings is 1. The van der Waals surface area contributed by atoms with E-state index in [1.165, 1.54) is 57.4 Å². The maximum Gasteiger partial charge on any atom is 0.277 e. The molecule has 0 amide bonds. The average molecular weight is 499 g/mol. The van der Waals surface area contributed by atoms with Gasteiger partial charge in [0.05, 0.1) is 11.0 Å². The number of aromatic nitrogens is 3. The lowest BCUT2D eigenvalue weighted by atomic mass is 9.67. The van der Waals surface area contributed by atoms with Crippen LogP contribution in [0.25, 0.3) is 22.3 Å². The summed E-state index contributed by atoms with van der Waals surface area (Å²) in [6, 6.07) is 13.2. The standard InChI is InChI=1S/C31H38N4O2/c1-19-9-11-23-16-25(17-28(19)34(23)24-14-20-5-4-6-21(13-20)15-24)35-27-8-3-2-7-26(27)33-30(31(35)37)22-10-12-29(36)32-18-22/h2-3,7-8,10,12,18-21,23-25,28H,4-6,9,11,13-17H2,1H3,(H,32,36). The Labute approximate surface area is 218 Å². The predicted molar refractivity (Wildman–Crippen MR) is 147 cm³/mol. The first kappa shape index (κ1) is 23.4. The molecular formula is C31H38N4O2. The fourth-order valence-corrected chi connectivity index (χ4v) is 8.63. The maximum absolute atomic E-state index is 14.1. The second kappa shape index (κ2) is 9.23. The number of hydrogen-bond acceptors (Lipinski definition) is 4. The van der Waals surface area contributed by atoms with Crippen LogP contribution in [0.4, 0.5) is 0 Å². The second-order valence-corrected chi connectivity index (χ2v) is 12.4. The highest BCUT2D eigenvalue weighted by Crippen LogP contribution is 2.48. The number of rotatable bonds is 3. The molecule has 194 valence electrons. The van der Waals surface area contributed by atoms with Crippen LogP contribution >= 0.6 is 0 Å². The van der Waals surface area contributed by atoms with Crippen LogP contribution in [0.15, 0.2) is 52.2 Å². The molecule has 4 bridgehead atoms. The van der Waals surface area contributed by atoms with Gasteiger partial charge in [-0.25, -0.2) is 4.98 Å². The van der Waals surface area contributed by atoms with Crippen molar-refractivity contribution in [2.75, 3.05) is 0 Å². The molecule has 4 fully saturated rings. The summed E-state index contributed by atoms with van der Waals surface area (Å²) in [5.41, 5.74) is 2.65. The Bertz CT molecular complexity index is 1390. The van der Waals surface area contributed by atoms with Gasteiger partial charge in [-0.05, 0) is 80.9 Å². The van der Waals surface area contributed by atoms with Crippen molar-refractivity contribution in [1.82, 2.24) is 19.4 Å². The molecule has 0 spiro atoms. The Balaban J connectivity index is 1.28. The highest BCUT2D eigenvalue weighted by molar-refractivity contribution is 5.77. The summed E-state index contributed by atoms with van der Waals surface area (Å²) in [5.74, 6) is 2.51. The molecule has 2 saturated carbocycles. The lowest BCUT2D eigenvalue weighted by molar-refractivity contribution is -0.0693. The Morgan fingerprint density at radius 2 is 1.65 bits per heavy atom. The number of H-pyrrole nitrogens is 1. The number of hydrogen-bond donors (Lipinski definition) is 1. The van der Waals surface area contributed by atoms with Crippen LogP contribution in [0.3, 0.4) is 0 Å². The summed E-state index contributed by atoms with van der Waals surface area (Å²) in [6.07, 6.45) is 14.7. The minimum Gasteiger partial charge on any atom is -0.328 e. The summed E-state index contributed by atoms with van der Waals surface area (Å²) >= 11 is 0. The first-order valence-electron chi connectivity index (χ1n) is 14.5. The van der Waals surface area contributed by atoms with E-state index in [4.69, 9.17) is 4.98 Å². The molecule has 1 N–H and O–H groups in total. The normalized spacial score (nSPS) is 33.9. The van der Waals surface area contributed by atoms with Crippen molar-refractivity contribution in [2.45, 2.75) is 95.3 Å². The van der Waals surface area contributed by atoms with Crippen LogP contribution in [0.2, 0.25) is 0 Å². The third-order valence-corrected chi connectivity index (χ3v) is 10.2. The molecule has 7 rings (SSSR count).